The molecule has 182 valence electrons. The van der Waals surface area contributed by atoms with Crippen molar-refractivity contribution in [2.75, 3.05) is 20.2 Å². The largest absolute Gasteiger partial charge is 0.494 e. The topological polar surface area (TPSA) is 91.2 Å². The number of methoxy groups -OCH3 is 1. The Hall–Kier alpha value is -3.39. The molecule has 2 aliphatic rings. The number of hydrogen-bond acceptors (Lipinski definition) is 5. The summed E-state index contributed by atoms with van der Waals surface area (Å²) in [6, 6.07) is 9.97. The monoisotopic (exact) mass is 472 g/mol. The Bertz CT molecular complexity index is 1420. The Kier molecular flexibility index (Phi) is 5.29. The van der Waals surface area contributed by atoms with Crippen LogP contribution in [0, 0.1) is 11.8 Å². The number of piperidine rings is 1. The molecule has 0 radical (unpaired) electrons. The lowest BCUT2D eigenvalue weighted by Crippen LogP contribution is -2.48. The van der Waals surface area contributed by atoms with E-state index in [1.165, 1.54) is 12.8 Å². The highest BCUT2D eigenvalue weighted by Crippen LogP contribution is 2.37. The number of likely N-dealkylation sites (tertiary alicyclic amines) is 1. The number of rotatable bonds is 5. The molecule has 1 aliphatic heterocycles. The van der Waals surface area contributed by atoms with Crippen molar-refractivity contribution < 1.29 is 9.53 Å². The first-order chi connectivity index (χ1) is 16.9. The number of pyridine rings is 1. The zero-order valence-electron chi connectivity index (χ0n) is 20.6. The molecule has 6 rings (SSSR count). The van der Waals surface area contributed by atoms with Gasteiger partial charge >= 0.3 is 0 Å². The SMILES string of the molecule is COc1cc(C(=O)N2C[C@H](C)C[C@@H](N)C2)cc2nc(-c3cc4cccnc4n3CC3CC3)n(C)c12. The van der Waals surface area contributed by atoms with E-state index in [1.807, 2.05) is 36.3 Å². The van der Waals surface area contributed by atoms with Crippen LogP contribution in [0.1, 0.15) is 36.5 Å². The van der Waals surface area contributed by atoms with Crippen LogP contribution in [0.2, 0.25) is 0 Å². The fourth-order valence-corrected chi connectivity index (χ4v) is 5.58. The van der Waals surface area contributed by atoms with Gasteiger partial charge in [0.25, 0.3) is 5.91 Å². The fraction of sp³-hybridized carbons (Fsp3) is 0.444. The van der Waals surface area contributed by atoms with E-state index in [0.717, 1.165) is 46.6 Å². The van der Waals surface area contributed by atoms with E-state index in [4.69, 9.17) is 15.5 Å². The molecule has 4 aromatic rings. The van der Waals surface area contributed by atoms with Crippen molar-refractivity contribution >= 4 is 28.0 Å². The molecule has 2 N–H and O–H groups in total. The van der Waals surface area contributed by atoms with Crippen molar-refractivity contribution in [3.8, 4) is 17.3 Å². The summed E-state index contributed by atoms with van der Waals surface area (Å²) in [5.74, 6) is 2.54. The first-order valence-corrected chi connectivity index (χ1v) is 12.5. The summed E-state index contributed by atoms with van der Waals surface area (Å²) in [6.07, 6.45) is 5.30. The predicted octanol–water partition coefficient (Wildman–Crippen LogP) is 3.82. The van der Waals surface area contributed by atoms with E-state index < -0.39 is 0 Å². The van der Waals surface area contributed by atoms with Crippen LogP contribution in [-0.4, -0.2) is 56.2 Å². The summed E-state index contributed by atoms with van der Waals surface area (Å²) in [5, 5.41) is 1.11. The van der Waals surface area contributed by atoms with E-state index in [9.17, 15) is 4.79 Å². The van der Waals surface area contributed by atoms with Crippen LogP contribution in [0.4, 0.5) is 0 Å². The molecule has 3 aromatic heterocycles. The number of hydrogen-bond donors (Lipinski definition) is 1. The number of carbonyl (C=O) groups is 1. The van der Waals surface area contributed by atoms with Crippen LogP contribution in [0.5, 0.6) is 5.75 Å². The number of imidazole rings is 1. The predicted molar refractivity (Wildman–Crippen MR) is 136 cm³/mol. The molecule has 0 unspecified atom stereocenters. The molecule has 0 spiro atoms. The molecule has 2 atom stereocenters. The van der Waals surface area contributed by atoms with E-state index in [2.05, 4.69) is 33.2 Å². The molecule has 8 nitrogen and oxygen atoms in total. The highest BCUT2D eigenvalue weighted by atomic mass is 16.5. The fourth-order valence-electron chi connectivity index (χ4n) is 5.58. The van der Waals surface area contributed by atoms with Crippen LogP contribution < -0.4 is 10.5 Å². The van der Waals surface area contributed by atoms with Crippen LogP contribution in [-0.2, 0) is 13.6 Å². The number of aromatic nitrogens is 4. The van der Waals surface area contributed by atoms with Gasteiger partial charge in [-0.3, -0.25) is 4.79 Å². The first-order valence-electron chi connectivity index (χ1n) is 12.5. The number of nitrogens with zero attached hydrogens (tertiary/aromatic N) is 5. The molecule has 1 saturated heterocycles. The lowest BCUT2D eigenvalue weighted by atomic mass is 9.96. The molecule has 8 heteroatoms. The first kappa shape index (κ1) is 22.1. The van der Waals surface area contributed by atoms with Crippen LogP contribution >= 0.6 is 0 Å². The quantitative estimate of drug-likeness (QED) is 0.477. The second-order valence-electron chi connectivity index (χ2n) is 10.4. The molecule has 35 heavy (non-hydrogen) atoms. The van der Waals surface area contributed by atoms with Crippen molar-refractivity contribution in [2.24, 2.45) is 24.6 Å². The number of fused-ring (bicyclic) bond motifs is 2. The summed E-state index contributed by atoms with van der Waals surface area (Å²) in [4.78, 5) is 25.0. The lowest BCUT2D eigenvalue weighted by molar-refractivity contribution is 0.0661. The maximum Gasteiger partial charge on any atom is 0.254 e. The van der Waals surface area contributed by atoms with Gasteiger partial charge in [0.05, 0.1) is 18.3 Å². The summed E-state index contributed by atoms with van der Waals surface area (Å²) >= 11 is 0. The lowest BCUT2D eigenvalue weighted by Gasteiger charge is -2.34. The number of nitrogens with two attached hydrogens (primary N) is 1. The van der Waals surface area contributed by atoms with Crippen LogP contribution in [0.3, 0.4) is 0 Å². The van der Waals surface area contributed by atoms with E-state index in [0.29, 0.717) is 36.2 Å². The molecule has 2 fully saturated rings. The Morgan fingerprint density at radius 3 is 2.80 bits per heavy atom. The second-order valence-corrected chi connectivity index (χ2v) is 10.4. The third-order valence-corrected chi connectivity index (χ3v) is 7.40. The van der Waals surface area contributed by atoms with Crippen LogP contribution in [0.15, 0.2) is 36.5 Å². The third kappa shape index (κ3) is 3.86. The maximum atomic E-state index is 13.4. The van der Waals surface area contributed by atoms with E-state index in [1.54, 1.807) is 7.11 Å². The standard InChI is InChI=1S/C27H32N6O2/c1-16-9-20(28)15-32(13-16)27(34)19-10-21-24(23(12-19)35-3)31(2)26(30-21)22-11-18-5-4-8-29-25(18)33(22)14-17-6-7-17/h4-5,8,10-12,16-17,20H,6-7,9,13-15,28H2,1-3H3/t16-,20-/m1/s1. The van der Waals surface area contributed by atoms with Gasteiger partial charge in [0.1, 0.15) is 16.9 Å². The Labute approximate surface area is 204 Å². The van der Waals surface area contributed by atoms with Crippen molar-refractivity contribution in [1.29, 1.82) is 0 Å². The molecule has 1 amide bonds. The van der Waals surface area contributed by atoms with Crippen LogP contribution in [0.25, 0.3) is 33.6 Å². The number of aryl methyl sites for hydroxylation is 1. The Balaban J connectivity index is 1.46. The summed E-state index contributed by atoms with van der Waals surface area (Å²) in [6.45, 7) is 4.37. The van der Waals surface area contributed by atoms with E-state index >= 15 is 0 Å². The maximum absolute atomic E-state index is 13.4. The zero-order valence-corrected chi connectivity index (χ0v) is 20.6. The molecule has 1 aliphatic carbocycles. The van der Waals surface area contributed by atoms with Gasteiger partial charge in [0.15, 0.2) is 5.82 Å². The summed E-state index contributed by atoms with van der Waals surface area (Å²) in [5.41, 5.74) is 10.4. The minimum absolute atomic E-state index is 0.0109. The molecular weight excluding hydrogens is 440 g/mol. The molecular formula is C27H32N6O2. The van der Waals surface area contributed by atoms with Gasteiger partial charge < -0.3 is 24.5 Å². The molecule has 1 saturated carbocycles. The molecule has 0 bridgehead atoms. The zero-order chi connectivity index (χ0) is 24.3. The molecule has 4 heterocycles. The summed E-state index contributed by atoms with van der Waals surface area (Å²) in [7, 11) is 3.65. The second kappa shape index (κ2) is 8.37. The van der Waals surface area contributed by atoms with Gasteiger partial charge in [-0.1, -0.05) is 6.92 Å². The van der Waals surface area contributed by atoms with Gasteiger partial charge in [-0.15, -0.1) is 0 Å². The van der Waals surface area contributed by atoms with Gasteiger partial charge in [-0.05, 0) is 61.4 Å². The minimum Gasteiger partial charge on any atom is -0.494 e. The van der Waals surface area contributed by atoms with Crippen molar-refractivity contribution in [1.82, 2.24) is 24.0 Å². The van der Waals surface area contributed by atoms with Gasteiger partial charge in [0.2, 0.25) is 0 Å². The Morgan fingerprint density at radius 2 is 2.06 bits per heavy atom. The minimum atomic E-state index is -0.0218. The number of amides is 1. The van der Waals surface area contributed by atoms with Gasteiger partial charge in [-0.25, -0.2) is 9.97 Å². The van der Waals surface area contributed by atoms with E-state index in [-0.39, 0.29) is 11.9 Å². The number of ether oxygens (including phenoxy) is 1. The average molecular weight is 473 g/mol. The summed E-state index contributed by atoms with van der Waals surface area (Å²) < 4.78 is 10.1. The normalized spacial score (nSPS) is 20.6. The third-order valence-electron chi connectivity index (χ3n) is 7.40. The van der Waals surface area contributed by atoms with Gasteiger partial charge in [-0.2, -0.15) is 0 Å². The number of carbonyl (C=O) groups excluding carboxylic acids is 1. The van der Waals surface area contributed by atoms with Gasteiger partial charge in [0, 0.05) is 49.9 Å². The highest BCUT2D eigenvalue weighted by molar-refractivity contribution is 6.00. The highest BCUT2D eigenvalue weighted by Gasteiger charge is 2.29. The molecule has 1 aromatic carbocycles. The smallest absolute Gasteiger partial charge is 0.254 e. The van der Waals surface area contributed by atoms with Crippen molar-refractivity contribution in [3.05, 3.63) is 42.1 Å². The average Bonchev–Trinajstić information content (AvgIpc) is 3.51. The Morgan fingerprint density at radius 1 is 1.23 bits per heavy atom. The number of benzene rings is 1. The van der Waals surface area contributed by atoms with Crippen molar-refractivity contribution in [3.63, 3.8) is 0 Å². The van der Waals surface area contributed by atoms with Crippen molar-refractivity contribution in [2.45, 2.75) is 38.8 Å².